The molecule has 2 rings (SSSR count). The Morgan fingerprint density at radius 3 is 2.90 bits per heavy atom. The quantitative estimate of drug-likeness (QED) is 0.744. The predicted octanol–water partition coefficient (Wildman–Crippen LogP) is 2.71. The van der Waals surface area contributed by atoms with Crippen LogP contribution in [0.1, 0.15) is 19.0 Å². The molecule has 0 saturated carbocycles. The highest BCUT2D eigenvalue weighted by Gasteiger charge is 2.17. The van der Waals surface area contributed by atoms with E-state index < -0.39 is 0 Å². The summed E-state index contributed by atoms with van der Waals surface area (Å²) >= 11 is 0. The van der Waals surface area contributed by atoms with Gasteiger partial charge in [0.15, 0.2) is 0 Å². The van der Waals surface area contributed by atoms with Crippen molar-refractivity contribution >= 4 is 11.2 Å². The lowest BCUT2D eigenvalue weighted by Gasteiger charge is -2.24. The third-order valence-electron chi connectivity index (χ3n) is 3.36. The van der Waals surface area contributed by atoms with E-state index in [-0.39, 0.29) is 6.67 Å². The van der Waals surface area contributed by atoms with Gasteiger partial charge in [-0.15, -0.1) is 0 Å². The maximum absolute atomic E-state index is 12.5. The summed E-state index contributed by atoms with van der Waals surface area (Å²) in [7, 11) is 1.68. The van der Waals surface area contributed by atoms with E-state index in [2.05, 4.69) is 23.0 Å². The number of aromatic nitrogens is 2. The molecule has 0 spiro atoms. The predicted molar refractivity (Wildman–Crippen MR) is 79.3 cm³/mol. The number of nitrogens with zero attached hydrogens (tertiary/aromatic N) is 3. The Labute approximate surface area is 119 Å². The first-order chi connectivity index (χ1) is 9.81. The molecule has 0 amide bonds. The van der Waals surface area contributed by atoms with E-state index in [1.807, 2.05) is 22.8 Å². The molecule has 0 aliphatic carbocycles. The van der Waals surface area contributed by atoms with Crippen LogP contribution in [-0.2, 0) is 11.2 Å². The van der Waals surface area contributed by atoms with E-state index in [4.69, 9.17) is 4.74 Å². The van der Waals surface area contributed by atoms with Gasteiger partial charge in [-0.3, -0.25) is 4.39 Å². The average Bonchev–Trinajstić information content (AvgIpc) is 2.86. The topological polar surface area (TPSA) is 29.8 Å². The summed E-state index contributed by atoms with van der Waals surface area (Å²) in [5.41, 5.74) is 3.23. The highest BCUT2D eigenvalue weighted by atomic mass is 19.1. The first kappa shape index (κ1) is 14.8. The van der Waals surface area contributed by atoms with Gasteiger partial charge in [0.05, 0.1) is 30.2 Å². The van der Waals surface area contributed by atoms with Crippen LogP contribution in [0.5, 0.6) is 0 Å². The zero-order valence-corrected chi connectivity index (χ0v) is 12.2. The van der Waals surface area contributed by atoms with E-state index in [0.717, 1.165) is 29.9 Å². The molecule has 110 valence electrons. The molecule has 20 heavy (non-hydrogen) atoms. The van der Waals surface area contributed by atoms with Crippen LogP contribution in [0.2, 0.25) is 0 Å². The molecular weight excluding hydrogens is 257 g/mol. The second-order valence-corrected chi connectivity index (χ2v) is 4.70. The van der Waals surface area contributed by atoms with Crippen LogP contribution < -0.4 is 4.90 Å². The molecule has 0 saturated heterocycles. The lowest BCUT2D eigenvalue weighted by Crippen LogP contribution is -2.29. The minimum atomic E-state index is -0.301. The van der Waals surface area contributed by atoms with Gasteiger partial charge in [-0.1, -0.05) is 13.0 Å². The zero-order valence-electron chi connectivity index (χ0n) is 12.2. The summed E-state index contributed by atoms with van der Waals surface area (Å²) in [5.74, 6) is 0. The van der Waals surface area contributed by atoms with Crippen molar-refractivity contribution in [2.45, 2.75) is 19.8 Å². The van der Waals surface area contributed by atoms with Crippen molar-refractivity contribution in [3.8, 4) is 0 Å². The number of ether oxygens (including phenoxy) is 1. The molecule has 0 atom stereocenters. The molecule has 4 nitrogen and oxygen atoms in total. The van der Waals surface area contributed by atoms with Crippen molar-refractivity contribution in [2.75, 3.05) is 38.4 Å². The van der Waals surface area contributed by atoms with Crippen molar-refractivity contribution in [1.82, 2.24) is 9.61 Å². The molecule has 2 aromatic rings. The van der Waals surface area contributed by atoms with Gasteiger partial charge >= 0.3 is 0 Å². The number of hydrogen-bond donors (Lipinski definition) is 0. The molecular formula is C15H22FN3O. The average molecular weight is 279 g/mol. The Morgan fingerprint density at radius 1 is 1.35 bits per heavy atom. The smallest absolute Gasteiger partial charge is 0.0911 e. The van der Waals surface area contributed by atoms with Crippen molar-refractivity contribution < 1.29 is 9.13 Å². The monoisotopic (exact) mass is 279 g/mol. The van der Waals surface area contributed by atoms with Crippen molar-refractivity contribution in [1.29, 1.82) is 0 Å². The van der Waals surface area contributed by atoms with E-state index in [0.29, 0.717) is 19.6 Å². The van der Waals surface area contributed by atoms with Crippen LogP contribution in [0.15, 0.2) is 24.4 Å². The Kier molecular flexibility index (Phi) is 5.35. The molecule has 0 unspecified atom stereocenters. The summed E-state index contributed by atoms with van der Waals surface area (Å²) in [6.07, 6.45) is 3.33. The van der Waals surface area contributed by atoms with E-state index in [1.54, 1.807) is 7.11 Å². The SMILES string of the molecule is CCc1nn2ccccc2c1N(CCCF)CCOC. The lowest BCUT2D eigenvalue weighted by molar-refractivity contribution is 0.205. The van der Waals surface area contributed by atoms with Gasteiger partial charge in [0.25, 0.3) is 0 Å². The van der Waals surface area contributed by atoms with Crippen LogP contribution in [0.4, 0.5) is 10.1 Å². The molecule has 0 aliphatic heterocycles. The van der Waals surface area contributed by atoms with Crippen molar-refractivity contribution in [2.24, 2.45) is 0 Å². The van der Waals surface area contributed by atoms with Gasteiger partial charge in [0.1, 0.15) is 0 Å². The zero-order chi connectivity index (χ0) is 14.4. The summed E-state index contributed by atoms with van der Waals surface area (Å²) in [6.45, 7) is 3.85. The highest BCUT2D eigenvalue weighted by Crippen LogP contribution is 2.27. The van der Waals surface area contributed by atoms with E-state index in [9.17, 15) is 4.39 Å². The molecule has 0 aliphatic rings. The van der Waals surface area contributed by atoms with Crippen LogP contribution in [-0.4, -0.2) is 43.1 Å². The second kappa shape index (κ2) is 7.24. The largest absolute Gasteiger partial charge is 0.383 e. The number of methoxy groups -OCH3 is 1. The minimum absolute atomic E-state index is 0.301. The van der Waals surface area contributed by atoms with Gasteiger partial charge in [-0.25, -0.2) is 4.52 Å². The molecule has 2 aromatic heterocycles. The van der Waals surface area contributed by atoms with Gasteiger partial charge in [-0.05, 0) is 25.0 Å². The highest BCUT2D eigenvalue weighted by molar-refractivity contribution is 5.75. The van der Waals surface area contributed by atoms with Crippen LogP contribution in [0.25, 0.3) is 5.52 Å². The lowest BCUT2D eigenvalue weighted by atomic mass is 10.2. The molecule has 0 fully saturated rings. The van der Waals surface area contributed by atoms with E-state index in [1.165, 1.54) is 0 Å². The van der Waals surface area contributed by atoms with Crippen molar-refractivity contribution in [3.05, 3.63) is 30.1 Å². The summed E-state index contributed by atoms with van der Waals surface area (Å²) in [6, 6.07) is 6.02. The number of halogens is 1. The first-order valence-corrected chi connectivity index (χ1v) is 7.07. The number of aryl methyl sites for hydroxylation is 1. The number of pyridine rings is 1. The maximum atomic E-state index is 12.5. The van der Waals surface area contributed by atoms with E-state index >= 15 is 0 Å². The third-order valence-corrected chi connectivity index (χ3v) is 3.36. The van der Waals surface area contributed by atoms with Crippen LogP contribution >= 0.6 is 0 Å². The number of anilines is 1. The molecule has 0 bridgehead atoms. The molecule has 0 radical (unpaired) electrons. The second-order valence-electron chi connectivity index (χ2n) is 4.70. The Bertz CT molecular complexity index is 533. The standard InChI is InChI=1S/C15H22FN3O/c1-3-13-15(14-7-4-5-10-19(14)17-13)18(9-6-8-16)11-12-20-2/h4-5,7,10H,3,6,8-9,11-12H2,1-2H3. The van der Waals surface area contributed by atoms with Crippen LogP contribution in [0.3, 0.4) is 0 Å². The Morgan fingerprint density at radius 2 is 2.20 bits per heavy atom. The molecule has 0 N–H and O–H groups in total. The van der Waals surface area contributed by atoms with Gasteiger partial charge in [0, 0.05) is 26.4 Å². The summed E-state index contributed by atoms with van der Waals surface area (Å²) in [5, 5.41) is 4.61. The Balaban J connectivity index is 2.38. The van der Waals surface area contributed by atoms with Gasteiger partial charge in [-0.2, -0.15) is 5.10 Å². The number of fused-ring (bicyclic) bond motifs is 1. The van der Waals surface area contributed by atoms with Gasteiger partial charge in [0.2, 0.25) is 0 Å². The molecule has 5 heteroatoms. The fourth-order valence-electron chi connectivity index (χ4n) is 2.40. The summed E-state index contributed by atoms with van der Waals surface area (Å²) < 4.78 is 19.6. The Hall–Kier alpha value is -1.62. The third kappa shape index (κ3) is 3.10. The maximum Gasteiger partial charge on any atom is 0.0911 e. The number of rotatable bonds is 8. The minimum Gasteiger partial charge on any atom is -0.383 e. The molecule has 0 aromatic carbocycles. The molecule has 2 heterocycles. The van der Waals surface area contributed by atoms with Crippen molar-refractivity contribution in [3.63, 3.8) is 0 Å². The summed E-state index contributed by atoms with van der Waals surface area (Å²) in [4.78, 5) is 2.18. The number of hydrogen-bond acceptors (Lipinski definition) is 3. The normalized spacial score (nSPS) is 11.2. The van der Waals surface area contributed by atoms with Gasteiger partial charge < -0.3 is 9.64 Å². The van der Waals surface area contributed by atoms with Crippen LogP contribution in [0, 0.1) is 0 Å². The fraction of sp³-hybridized carbons (Fsp3) is 0.533. The number of alkyl halides is 1. The fourth-order valence-corrected chi connectivity index (χ4v) is 2.40. The first-order valence-electron chi connectivity index (χ1n) is 7.07.